The van der Waals surface area contributed by atoms with Gasteiger partial charge in [-0.3, -0.25) is 9.67 Å². The van der Waals surface area contributed by atoms with Gasteiger partial charge in [0.15, 0.2) is 5.96 Å². The molecule has 2 aliphatic rings. The van der Waals surface area contributed by atoms with Crippen molar-refractivity contribution < 1.29 is 9.53 Å². The number of guanidine groups is 1. The number of aromatic nitrogens is 2. The Bertz CT molecular complexity index is 945. The van der Waals surface area contributed by atoms with Crippen LogP contribution in [0, 0.1) is 0 Å². The van der Waals surface area contributed by atoms with Crippen molar-refractivity contribution in [2.45, 2.75) is 39.0 Å². The van der Waals surface area contributed by atoms with Crippen molar-refractivity contribution in [3.05, 3.63) is 42.2 Å². The molecule has 0 bridgehead atoms. The van der Waals surface area contributed by atoms with Gasteiger partial charge >= 0.3 is 6.09 Å². The van der Waals surface area contributed by atoms with Gasteiger partial charge < -0.3 is 19.9 Å². The van der Waals surface area contributed by atoms with Gasteiger partial charge in [0, 0.05) is 45.0 Å². The van der Waals surface area contributed by atoms with Crippen LogP contribution in [-0.4, -0.2) is 69.5 Å². The standard InChI is InChI=1S/C22H30N6O2/c1-22(2,3)30-21(29)27-8-9-28-19(15-27)13-24-20(28)23-11-16-6-5-7-17(10-16)18-12-25-26(4)14-18/h5-7,10,12,14,19H,8-9,11,13,15H2,1-4H3,(H,23,24). The van der Waals surface area contributed by atoms with Crippen LogP contribution in [0.1, 0.15) is 26.3 Å². The van der Waals surface area contributed by atoms with Crippen LogP contribution in [0.5, 0.6) is 0 Å². The van der Waals surface area contributed by atoms with Crippen LogP contribution < -0.4 is 5.32 Å². The fourth-order valence-electron chi connectivity index (χ4n) is 3.84. The molecule has 1 amide bonds. The Labute approximate surface area is 177 Å². The van der Waals surface area contributed by atoms with Gasteiger partial charge in [-0.1, -0.05) is 18.2 Å². The molecule has 30 heavy (non-hydrogen) atoms. The Morgan fingerprint density at radius 1 is 1.27 bits per heavy atom. The summed E-state index contributed by atoms with van der Waals surface area (Å²) in [4.78, 5) is 21.1. The maximum atomic E-state index is 12.4. The second kappa shape index (κ2) is 8.01. The van der Waals surface area contributed by atoms with Crippen LogP contribution >= 0.6 is 0 Å². The van der Waals surface area contributed by atoms with E-state index in [0.29, 0.717) is 26.2 Å². The minimum Gasteiger partial charge on any atom is -0.444 e. The summed E-state index contributed by atoms with van der Waals surface area (Å²) >= 11 is 0. The summed E-state index contributed by atoms with van der Waals surface area (Å²) < 4.78 is 7.33. The van der Waals surface area contributed by atoms with Crippen molar-refractivity contribution in [2.24, 2.45) is 12.0 Å². The monoisotopic (exact) mass is 410 g/mol. The zero-order valence-corrected chi connectivity index (χ0v) is 18.1. The van der Waals surface area contributed by atoms with Gasteiger partial charge in [-0.05, 0) is 38.0 Å². The molecule has 1 atom stereocenters. The molecule has 4 rings (SSSR count). The summed E-state index contributed by atoms with van der Waals surface area (Å²) in [6.07, 6.45) is 3.65. The number of ether oxygens (including phenoxy) is 1. The average Bonchev–Trinajstić information content (AvgIpc) is 3.31. The van der Waals surface area contributed by atoms with Crippen LogP contribution in [0.25, 0.3) is 11.1 Å². The van der Waals surface area contributed by atoms with Gasteiger partial charge in [0.1, 0.15) is 5.60 Å². The number of hydrogen-bond donors (Lipinski definition) is 1. The molecule has 1 aromatic carbocycles. The average molecular weight is 411 g/mol. The van der Waals surface area contributed by atoms with Gasteiger partial charge in [0.25, 0.3) is 0 Å². The Hall–Kier alpha value is -3.03. The molecule has 2 aromatic rings. The van der Waals surface area contributed by atoms with Gasteiger partial charge in [-0.25, -0.2) is 4.79 Å². The minimum absolute atomic E-state index is 0.204. The molecule has 1 saturated heterocycles. The number of carbonyl (C=O) groups excluding carboxylic acids is 1. The van der Waals surface area contributed by atoms with Crippen molar-refractivity contribution in [1.82, 2.24) is 24.9 Å². The van der Waals surface area contributed by atoms with Crippen molar-refractivity contribution in [1.29, 1.82) is 0 Å². The molecule has 2 aliphatic heterocycles. The Kier molecular flexibility index (Phi) is 5.40. The molecular weight excluding hydrogens is 380 g/mol. The molecule has 8 nitrogen and oxygen atoms in total. The molecule has 3 heterocycles. The number of aryl methyl sites for hydroxylation is 1. The van der Waals surface area contributed by atoms with Gasteiger partial charge in [-0.15, -0.1) is 0 Å². The topological polar surface area (TPSA) is 75.0 Å². The molecule has 1 N–H and O–H groups in total. The van der Waals surface area contributed by atoms with E-state index in [4.69, 9.17) is 4.74 Å². The normalized spacial score (nSPS) is 18.8. The quantitative estimate of drug-likeness (QED) is 0.841. The molecule has 1 unspecified atom stereocenters. The van der Waals surface area contributed by atoms with Gasteiger partial charge in [0.2, 0.25) is 0 Å². The number of fused-ring (bicyclic) bond motifs is 1. The number of nitrogens with one attached hydrogen (secondary N) is 1. The van der Waals surface area contributed by atoms with E-state index in [-0.39, 0.29) is 12.1 Å². The maximum absolute atomic E-state index is 12.4. The van der Waals surface area contributed by atoms with Gasteiger partial charge in [-0.2, -0.15) is 5.10 Å². The molecule has 1 aromatic heterocycles. The number of rotatable bonds is 3. The first-order valence-electron chi connectivity index (χ1n) is 10.4. The third kappa shape index (κ3) is 4.58. The van der Waals surface area contributed by atoms with Crippen LogP contribution in [0.15, 0.2) is 41.7 Å². The lowest BCUT2D eigenvalue weighted by atomic mass is 10.1. The van der Waals surface area contributed by atoms with E-state index in [2.05, 4.69) is 44.6 Å². The third-order valence-electron chi connectivity index (χ3n) is 5.27. The second-order valence-corrected chi connectivity index (χ2v) is 8.89. The minimum atomic E-state index is -0.475. The summed E-state index contributed by atoms with van der Waals surface area (Å²) in [6.45, 7) is 9.11. The van der Waals surface area contributed by atoms with Gasteiger partial charge in [0.05, 0.1) is 18.8 Å². The zero-order valence-electron chi connectivity index (χ0n) is 18.1. The van der Waals surface area contributed by atoms with Crippen molar-refractivity contribution in [3.8, 4) is 11.1 Å². The molecule has 0 radical (unpaired) electrons. The molecule has 0 spiro atoms. The molecule has 0 aliphatic carbocycles. The van der Waals surface area contributed by atoms with E-state index >= 15 is 0 Å². The highest BCUT2D eigenvalue weighted by Gasteiger charge is 2.36. The highest BCUT2D eigenvalue weighted by Crippen LogP contribution is 2.21. The Morgan fingerprint density at radius 2 is 2.10 bits per heavy atom. The number of hydrogen-bond acceptors (Lipinski definition) is 6. The van der Waals surface area contributed by atoms with E-state index in [0.717, 1.165) is 23.6 Å². The highest BCUT2D eigenvalue weighted by molar-refractivity contribution is 5.82. The van der Waals surface area contributed by atoms with E-state index in [1.54, 1.807) is 4.90 Å². The highest BCUT2D eigenvalue weighted by atomic mass is 16.6. The lowest BCUT2D eigenvalue weighted by Crippen LogP contribution is -2.57. The number of aliphatic imine (C=N–C) groups is 1. The lowest BCUT2D eigenvalue weighted by molar-refractivity contribution is 0.0137. The van der Waals surface area contributed by atoms with Crippen LogP contribution in [0.3, 0.4) is 0 Å². The number of amides is 1. The third-order valence-corrected chi connectivity index (χ3v) is 5.27. The lowest BCUT2D eigenvalue weighted by Gasteiger charge is -2.39. The van der Waals surface area contributed by atoms with Crippen molar-refractivity contribution in [3.63, 3.8) is 0 Å². The maximum Gasteiger partial charge on any atom is 0.410 e. The first-order valence-corrected chi connectivity index (χ1v) is 10.4. The first-order chi connectivity index (χ1) is 14.3. The number of carbonyl (C=O) groups is 1. The second-order valence-electron chi connectivity index (χ2n) is 8.89. The van der Waals surface area contributed by atoms with Crippen molar-refractivity contribution >= 4 is 12.1 Å². The fourth-order valence-corrected chi connectivity index (χ4v) is 3.84. The fraction of sp³-hybridized carbons (Fsp3) is 0.500. The van der Waals surface area contributed by atoms with E-state index in [1.807, 2.05) is 44.9 Å². The zero-order chi connectivity index (χ0) is 21.3. The summed E-state index contributed by atoms with van der Waals surface area (Å²) in [7, 11) is 1.92. The van der Waals surface area contributed by atoms with Crippen LogP contribution in [-0.2, 0) is 18.3 Å². The van der Waals surface area contributed by atoms with Crippen molar-refractivity contribution in [2.75, 3.05) is 26.2 Å². The van der Waals surface area contributed by atoms with Crippen LogP contribution in [0.2, 0.25) is 0 Å². The summed E-state index contributed by atoms with van der Waals surface area (Å²) in [6, 6.07) is 8.66. The molecule has 8 heteroatoms. The predicted molar refractivity (Wildman–Crippen MR) is 116 cm³/mol. The SMILES string of the molecule is Cn1cc(-c2cccc(CNC3=NCC4CN(C(=O)OC(C)(C)C)CCN34)c2)cn1. The van der Waals surface area contributed by atoms with E-state index in [1.165, 1.54) is 5.56 Å². The molecule has 0 saturated carbocycles. The number of benzene rings is 1. The summed E-state index contributed by atoms with van der Waals surface area (Å²) in [5.74, 6) is 0.913. The first kappa shape index (κ1) is 20.3. The summed E-state index contributed by atoms with van der Waals surface area (Å²) in [5.41, 5.74) is 2.97. The Morgan fingerprint density at radius 3 is 2.83 bits per heavy atom. The van der Waals surface area contributed by atoms with Crippen LogP contribution in [0.4, 0.5) is 4.79 Å². The summed E-state index contributed by atoms with van der Waals surface area (Å²) in [5, 5.41) is 7.74. The number of nitrogens with zero attached hydrogens (tertiary/aromatic N) is 5. The smallest absolute Gasteiger partial charge is 0.410 e. The molecule has 1 fully saturated rings. The number of piperazine rings is 1. The largest absolute Gasteiger partial charge is 0.444 e. The van der Waals surface area contributed by atoms with E-state index < -0.39 is 5.60 Å². The molecule has 160 valence electrons. The van der Waals surface area contributed by atoms with E-state index in [9.17, 15) is 4.79 Å². The molecular formula is C22H30N6O2. The Balaban J connectivity index is 1.33. The predicted octanol–water partition coefficient (Wildman–Crippen LogP) is 2.47.